The number of rotatable bonds is 3. The highest BCUT2D eigenvalue weighted by Crippen LogP contribution is 2.45. The van der Waals surface area contributed by atoms with Crippen LogP contribution in [-0.2, 0) is 4.74 Å². The number of ether oxygens (including phenoxy) is 1. The molecule has 2 N–H and O–H groups in total. The fourth-order valence-corrected chi connectivity index (χ4v) is 2.70. The quantitative estimate of drug-likeness (QED) is 0.715. The van der Waals surface area contributed by atoms with Crippen LogP contribution >= 0.6 is 0 Å². The van der Waals surface area contributed by atoms with Crippen molar-refractivity contribution in [3.05, 3.63) is 60.2 Å². The van der Waals surface area contributed by atoms with Gasteiger partial charge < -0.3 is 14.9 Å². The van der Waals surface area contributed by atoms with Gasteiger partial charge in [-0.3, -0.25) is 0 Å². The van der Waals surface area contributed by atoms with Crippen molar-refractivity contribution in [3.8, 4) is 22.6 Å². The first-order valence-corrected chi connectivity index (χ1v) is 7.34. The van der Waals surface area contributed by atoms with Crippen LogP contribution in [-0.4, -0.2) is 22.8 Å². The number of benzene rings is 3. The second kappa shape index (κ2) is 6.01. The van der Waals surface area contributed by atoms with Crippen molar-refractivity contribution in [1.29, 1.82) is 0 Å². The Hall–Kier alpha value is -3.01. The van der Waals surface area contributed by atoms with E-state index in [1.165, 1.54) is 0 Å². The number of phenols is 2. The van der Waals surface area contributed by atoms with Gasteiger partial charge in [-0.05, 0) is 17.9 Å². The molecule has 0 saturated carbocycles. The third-order valence-electron chi connectivity index (χ3n) is 3.70. The maximum absolute atomic E-state index is 12.2. The maximum atomic E-state index is 12.2. The highest BCUT2D eigenvalue weighted by molar-refractivity contribution is 6.11. The lowest BCUT2D eigenvalue weighted by Gasteiger charge is -2.15. The van der Waals surface area contributed by atoms with Gasteiger partial charge in [0.15, 0.2) is 0 Å². The molecule has 0 fully saturated rings. The van der Waals surface area contributed by atoms with Gasteiger partial charge in [0.05, 0.1) is 6.61 Å². The Morgan fingerprint density at radius 1 is 0.913 bits per heavy atom. The number of hydrogen-bond acceptors (Lipinski definition) is 4. The van der Waals surface area contributed by atoms with Crippen LogP contribution in [0.1, 0.15) is 17.3 Å². The lowest BCUT2D eigenvalue weighted by molar-refractivity contribution is 0.0520. The molecule has 0 saturated heterocycles. The van der Waals surface area contributed by atoms with E-state index in [1.54, 1.807) is 25.1 Å². The fourth-order valence-electron chi connectivity index (χ4n) is 2.70. The molecule has 4 nitrogen and oxygen atoms in total. The minimum absolute atomic E-state index is 0.158. The molecule has 0 aromatic heterocycles. The second-order valence-corrected chi connectivity index (χ2v) is 5.08. The van der Waals surface area contributed by atoms with E-state index in [4.69, 9.17) is 4.74 Å². The predicted octanol–water partition coefficient (Wildman–Crippen LogP) is 4.09. The Balaban J connectivity index is 2.41. The van der Waals surface area contributed by atoms with E-state index in [0.717, 1.165) is 5.56 Å². The summed E-state index contributed by atoms with van der Waals surface area (Å²) in [6.07, 6.45) is 0. The van der Waals surface area contributed by atoms with Crippen molar-refractivity contribution < 1.29 is 19.7 Å². The molecule has 0 aliphatic rings. The Morgan fingerprint density at radius 3 is 2.17 bits per heavy atom. The highest BCUT2D eigenvalue weighted by atomic mass is 16.5. The van der Waals surface area contributed by atoms with E-state index in [2.05, 4.69) is 0 Å². The Labute approximate surface area is 133 Å². The SMILES string of the molecule is CCOC(=O)c1c(O)c(-c2ccccc2)c2ccccc2c1O. The zero-order chi connectivity index (χ0) is 16.4. The van der Waals surface area contributed by atoms with Gasteiger partial charge in [0.1, 0.15) is 17.1 Å². The van der Waals surface area contributed by atoms with Crippen LogP contribution in [0.2, 0.25) is 0 Å². The minimum Gasteiger partial charge on any atom is -0.506 e. The molecule has 0 amide bonds. The summed E-state index contributed by atoms with van der Waals surface area (Å²) in [4.78, 5) is 12.2. The molecule has 116 valence electrons. The molecule has 0 spiro atoms. The zero-order valence-corrected chi connectivity index (χ0v) is 12.6. The minimum atomic E-state index is -0.745. The summed E-state index contributed by atoms with van der Waals surface area (Å²) in [6, 6.07) is 16.3. The van der Waals surface area contributed by atoms with Gasteiger partial charge in [-0.2, -0.15) is 0 Å². The highest BCUT2D eigenvalue weighted by Gasteiger charge is 2.25. The number of fused-ring (bicyclic) bond motifs is 1. The first kappa shape index (κ1) is 14.9. The topological polar surface area (TPSA) is 66.8 Å². The van der Waals surface area contributed by atoms with E-state index in [0.29, 0.717) is 16.3 Å². The van der Waals surface area contributed by atoms with Gasteiger partial charge in [0.25, 0.3) is 0 Å². The third kappa shape index (κ3) is 2.48. The van der Waals surface area contributed by atoms with Crippen molar-refractivity contribution in [2.24, 2.45) is 0 Å². The summed E-state index contributed by atoms with van der Waals surface area (Å²) in [5.41, 5.74) is 1.05. The molecule has 3 aromatic carbocycles. The molecule has 4 heteroatoms. The molecule has 0 heterocycles. The van der Waals surface area contributed by atoms with Crippen molar-refractivity contribution in [3.63, 3.8) is 0 Å². The summed E-state index contributed by atoms with van der Waals surface area (Å²) >= 11 is 0. The van der Waals surface area contributed by atoms with Gasteiger partial charge in [0, 0.05) is 10.9 Å². The van der Waals surface area contributed by atoms with Crippen LogP contribution < -0.4 is 0 Å². The summed E-state index contributed by atoms with van der Waals surface area (Å²) in [5, 5.41) is 22.3. The molecule has 0 unspecified atom stereocenters. The Bertz CT molecular complexity index is 869. The van der Waals surface area contributed by atoms with Gasteiger partial charge in [0.2, 0.25) is 0 Å². The number of phenolic OH excluding ortho intramolecular Hbond substituents is 2. The normalized spacial score (nSPS) is 10.7. The lowest BCUT2D eigenvalue weighted by atomic mass is 9.93. The van der Waals surface area contributed by atoms with Crippen molar-refractivity contribution in [2.45, 2.75) is 6.92 Å². The van der Waals surface area contributed by atoms with Gasteiger partial charge in [-0.1, -0.05) is 54.6 Å². The molecule has 0 bridgehead atoms. The van der Waals surface area contributed by atoms with Crippen LogP contribution in [0.15, 0.2) is 54.6 Å². The number of carbonyl (C=O) groups excluding carboxylic acids is 1. The van der Waals surface area contributed by atoms with Crippen LogP contribution in [0.5, 0.6) is 11.5 Å². The molecule has 0 radical (unpaired) electrons. The Kier molecular flexibility index (Phi) is 3.89. The average Bonchev–Trinajstić information content (AvgIpc) is 2.56. The van der Waals surface area contributed by atoms with Crippen molar-refractivity contribution >= 4 is 16.7 Å². The monoisotopic (exact) mass is 308 g/mol. The summed E-state index contributed by atoms with van der Waals surface area (Å²) in [5.74, 6) is -1.28. The van der Waals surface area contributed by atoms with E-state index in [-0.39, 0.29) is 23.7 Å². The summed E-state index contributed by atoms with van der Waals surface area (Å²) in [7, 11) is 0. The standard InChI is InChI=1S/C19H16O4/c1-2-23-19(22)16-17(20)14-11-7-6-10-13(14)15(18(16)21)12-8-4-3-5-9-12/h3-11,20-21H,2H2,1H3. The fraction of sp³-hybridized carbons (Fsp3) is 0.105. The van der Waals surface area contributed by atoms with Crippen molar-refractivity contribution in [1.82, 2.24) is 0 Å². The molecular formula is C19H16O4. The van der Waals surface area contributed by atoms with E-state index >= 15 is 0 Å². The van der Waals surface area contributed by atoms with Gasteiger partial charge in [-0.15, -0.1) is 0 Å². The van der Waals surface area contributed by atoms with E-state index in [9.17, 15) is 15.0 Å². The molecular weight excluding hydrogens is 292 g/mol. The van der Waals surface area contributed by atoms with Gasteiger partial charge in [-0.25, -0.2) is 4.79 Å². The smallest absolute Gasteiger partial charge is 0.345 e. The molecule has 3 rings (SSSR count). The average molecular weight is 308 g/mol. The van der Waals surface area contributed by atoms with E-state index < -0.39 is 5.97 Å². The van der Waals surface area contributed by atoms with Crippen LogP contribution in [0, 0.1) is 0 Å². The lowest BCUT2D eigenvalue weighted by Crippen LogP contribution is -2.06. The third-order valence-corrected chi connectivity index (χ3v) is 3.70. The van der Waals surface area contributed by atoms with Crippen molar-refractivity contribution in [2.75, 3.05) is 6.61 Å². The van der Waals surface area contributed by atoms with E-state index in [1.807, 2.05) is 36.4 Å². The number of carbonyl (C=O) groups is 1. The van der Waals surface area contributed by atoms with Crippen LogP contribution in [0.3, 0.4) is 0 Å². The maximum Gasteiger partial charge on any atom is 0.345 e. The van der Waals surface area contributed by atoms with Crippen LogP contribution in [0.4, 0.5) is 0 Å². The second-order valence-electron chi connectivity index (χ2n) is 5.08. The first-order chi connectivity index (χ1) is 11.1. The number of esters is 1. The molecule has 0 aliphatic heterocycles. The summed E-state index contributed by atoms with van der Waals surface area (Å²) < 4.78 is 4.97. The Morgan fingerprint density at radius 2 is 1.52 bits per heavy atom. The number of hydrogen-bond donors (Lipinski definition) is 2. The zero-order valence-electron chi connectivity index (χ0n) is 12.6. The molecule has 0 aliphatic carbocycles. The van der Waals surface area contributed by atoms with Gasteiger partial charge >= 0.3 is 5.97 Å². The molecule has 0 atom stereocenters. The largest absolute Gasteiger partial charge is 0.506 e. The van der Waals surface area contributed by atoms with Crippen LogP contribution in [0.25, 0.3) is 21.9 Å². The predicted molar refractivity (Wildman–Crippen MR) is 88.7 cm³/mol. The first-order valence-electron chi connectivity index (χ1n) is 7.34. The summed E-state index contributed by atoms with van der Waals surface area (Å²) in [6.45, 7) is 1.83. The molecule has 3 aromatic rings. The number of aromatic hydroxyl groups is 2. The molecule has 23 heavy (non-hydrogen) atoms.